The van der Waals surface area contributed by atoms with Crippen molar-refractivity contribution in [2.45, 2.75) is 32.7 Å². The maximum absolute atomic E-state index is 12.6. The maximum Gasteiger partial charge on any atom is 0.279 e. The fourth-order valence-corrected chi connectivity index (χ4v) is 3.74. The second-order valence-electron chi connectivity index (χ2n) is 6.87. The number of halogens is 2. The predicted molar refractivity (Wildman–Crippen MR) is 103 cm³/mol. The molecular formula is C19H18Cl2N4O2. The lowest BCUT2D eigenvalue weighted by molar-refractivity contribution is 0.101. The smallest absolute Gasteiger partial charge is 0.279 e. The van der Waals surface area contributed by atoms with Gasteiger partial charge in [-0.1, -0.05) is 41.3 Å². The summed E-state index contributed by atoms with van der Waals surface area (Å²) in [6.07, 6.45) is 4.47. The number of nitrogens with one attached hydrogen (secondary N) is 1. The molecule has 0 fully saturated rings. The lowest BCUT2D eigenvalue weighted by Gasteiger charge is -2.16. The largest absolute Gasteiger partial charge is 0.360 e. The third kappa shape index (κ3) is 3.87. The molecule has 0 bridgehead atoms. The highest BCUT2D eigenvalue weighted by Gasteiger charge is 2.27. The molecule has 0 saturated heterocycles. The molecule has 0 saturated carbocycles. The van der Waals surface area contributed by atoms with Crippen LogP contribution in [-0.4, -0.2) is 20.8 Å². The number of rotatable bonds is 4. The van der Waals surface area contributed by atoms with Gasteiger partial charge in [0.15, 0.2) is 11.5 Å². The van der Waals surface area contributed by atoms with Crippen molar-refractivity contribution in [3.63, 3.8) is 0 Å². The summed E-state index contributed by atoms with van der Waals surface area (Å²) in [5.41, 5.74) is 2.16. The second kappa shape index (κ2) is 7.37. The Morgan fingerprint density at radius 3 is 3.04 bits per heavy atom. The molecule has 1 N–H and O–H groups in total. The molecule has 2 aromatic heterocycles. The van der Waals surface area contributed by atoms with Crippen molar-refractivity contribution in [1.29, 1.82) is 0 Å². The Morgan fingerprint density at radius 1 is 1.37 bits per heavy atom. The van der Waals surface area contributed by atoms with Gasteiger partial charge >= 0.3 is 0 Å². The minimum atomic E-state index is -0.302. The van der Waals surface area contributed by atoms with Gasteiger partial charge in [0.1, 0.15) is 5.76 Å². The van der Waals surface area contributed by atoms with E-state index in [0.717, 1.165) is 36.1 Å². The molecule has 1 aliphatic rings. The minimum absolute atomic E-state index is 0.302. The van der Waals surface area contributed by atoms with Gasteiger partial charge < -0.3 is 9.84 Å². The summed E-state index contributed by atoms with van der Waals surface area (Å²) in [6, 6.07) is 7.06. The lowest BCUT2D eigenvalue weighted by atomic mass is 9.88. The minimum Gasteiger partial charge on any atom is -0.360 e. The molecule has 1 aliphatic carbocycles. The van der Waals surface area contributed by atoms with Crippen LogP contribution in [0.4, 0.5) is 5.82 Å². The van der Waals surface area contributed by atoms with Crippen LogP contribution in [0.15, 0.2) is 35.0 Å². The number of aryl methyl sites for hydroxylation is 1. The Balaban J connectivity index is 1.47. The number of hydrogen-bond acceptors (Lipinski definition) is 4. The SMILES string of the molecule is CC1CCc2onc(C(=O)Nc3ccn(Cc4ccc(Cl)cc4Cl)n3)c2C1. The van der Waals surface area contributed by atoms with Gasteiger partial charge in [-0.15, -0.1) is 0 Å². The maximum atomic E-state index is 12.6. The van der Waals surface area contributed by atoms with E-state index < -0.39 is 0 Å². The van der Waals surface area contributed by atoms with Crippen LogP contribution in [0.25, 0.3) is 0 Å². The zero-order valence-corrected chi connectivity index (χ0v) is 16.2. The van der Waals surface area contributed by atoms with Gasteiger partial charge in [-0.3, -0.25) is 9.48 Å². The summed E-state index contributed by atoms with van der Waals surface area (Å²) in [5.74, 6) is 1.49. The van der Waals surface area contributed by atoms with Gasteiger partial charge in [0, 0.05) is 34.3 Å². The van der Waals surface area contributed by atoms with Crippen LogP contribution in [0.1, 0.15) is 40.7 Å². The normalized spacial score (nSPS) is 16.2. The number of nitrogens with zero attached hydrogens (tertiary/aromatic N) is 3. The molecule has 0 spiro atoms. The number of amides is 1. The second-order valence-corrected chi connectivity index (χ2v) is 7.71. The van der Waals surface area contributed by atoms with Crippen LogP contribution < -0.4 is 5.32 Å². The topological polar surface area (TPSA) is 73.0 Å². The van der Waals surface area contributed by atoms with E-state index in [1.54, 1.807) is 29.1 Å². The van der Waals surface area contributed by atoms with Gasteiger partial charge in [-0.05, 0) is 36.5 Å². The molecule has 140 valence electrons. The molecule has 3 aromatic rings. The van der Waals surface area contributed by atoms with Crippen LogP contribution in [-0.2, 0) is 19.4 Å². The van der Waals surface area contributed by atoms with E-state index in [1.807, 2.05) is 6.07 Å². The average molecular weight is 405 g/mol. The standard InChI is InChI=1S/C19H18Cl2N4O2/c1-11-2-5-16-14(8-11)18(24-27-16)19(26)22-17-6-7-25(23-17)10-12-3-4-13(20)9-15(12)21/h3-4,6-7,9,11H,2,5,8,10H2,1H3,(H,22,23,26). The van der Waals surface area contributed by atoms with E-state index in [1.165, 1.54) is 0 Å². The molecule has 27 heavy (non-hydrogen) atoms. The molecule has 6 nitrogen and oxygen atoms in total. The molecule has 1 amide bonds. The fraction of sp³-hybridized carbons (Fsp3) is 0.316. The molecule has 4 rings (SSSR count). The zero-order chi connectivity index (χ0) is 19.0. The molecule has 1 unspecified atom stereocenters. The Labute approximate surface area is 166 Å². The molecule has 1 aromatic carbocycles. The van der Waals surface area contributed by atoms with E-state index in [2.05, 4.69) is 22.5 Å². The number of hydrogen-bond donors (Lipinski definition) is 1. The van der Waals surface area contributed by atoms with Crippen molar-refractivity contribution in [3.8, 4) is 0 Å². The Morgan fingerprint density at radius 2 is 2.22 bits per heavy atom. The van der Waals surface area contributed by atoms with Crippen molar-refractivity contribution in [1.82, 2.24) is 14.9 Å². The van der Waals surface area contributed by atoms with Crippen molar-refractivity contribution in [2.24, 2.45) is 5.92 Å². The monoisotopic (exact) mass is 404 g/mol. The molecule has 0 aliphatic heterocycles. The number of aromatic nitrogens is 3. The summed E-state index contributed by atoms with van der Waals surface area (Å²) in [7, 11) is 0. The van der Waals surface area contributed by atoms with Crippen LogP contribution in [0, 0.1) is 5.92 Å². The van der Waals surface area contributed by atoms with E-state index in [4.69, 9.17) is 27.7 Å². The third-order valence-corrected chi connectivity index (χ3v) is 5.32. The summed E-state index contributed by atoms with van der Waals surface area (Å²) >= 11 is 12.1. The first-order valence-corrected chi connectivity index (χ1v) is 9.51. The van der Waals surface area contributed by atoms with Crippen molar-refractivity contribution in [2.75, 3.05) is 5.32 Å². The van der Waals surface area contributed by atoms with E-state index in [0.29, 0.717) is 34.0 Å². The van der Waals surface area contributed by atoms with Gasteiger partial charge in [-0.25, -0.2) is 0 Å². The van der Waals surface area contributed by atoms with Crippen molar-refractivity contribution < 1.29 is 9.32 Å². The third-order valence-electron chi connectivity index (χ3n) is 4.73. The Kier molecular flexibility index (Phi) is 4.93. The summed E-state index contributed by atoms with van der Waals surface area (Å²) < 4.78 is 7.04. The summed E-state index contributed by atoms with van der Waals surface area (Å²) in [5, 5.41) is 12.3. The van der Waals surface area contributed by atoms with Gasteiger partial charge in [0.25, 0.3) is 5.91 Å². The first-order valence-electron chi connectivity index (χ1n) is 8.75. The quantitative estimate of drug-likeness (QED) is 0.689. The Hall–Kier alpha value is -2.31. The number of anilines is 1. The highest BCUT2D eigenvalue weighted by molar-refractivity contribution is 6.35. The molecular weight excluding hydrogens is 387 g/mol. The predicted octanol–water partition coefficient (Wildman–Crippen LogP) is 4.60. The number of carbonyl (C=O) groups excluding carboxylic acids is 1. The van der Waals surface area contributed by atoms with Crippen LogP contribution >= 0.6 is 23.2 Å². The molecule has 2 heterocycles. The van der Waals surface area contributed by atoms with E-state index in [-0.39, 0.29) is 5.91 Å². The number of benzene rings is 1. The zero-order valence-electron chi connectivity index (χ0n) is 14.7. The number of carbonyl (C=O) groups is 1. The van der Waals surface area contributed by atoms with Crippen molar-refractivity contribution >= 4 is 34.9 Å². The average Bonchev–Trinajstić information content (AvgIpc) is 3.23. The van der Waals surface area contributed by atoms with Crippen LogP contribution in [0.3, 0.4) is 0 Å². The number of fused-ring (bicyclic) bond motifs is 1. The first-order chi connectivity index (χ1) is 13.0. The van der Waals surface area contributed by atoms with Crippen LogP contribution in [0.5, 0.6) is 0 Å². The molecule has 8 heteroatoms. The Bertz CT molecular complexity index is 996. The molecule has 0 radical (unpaired) electrons. The highest BCUT2D eigenvalue weighted by Crippen LogP contribution is 2.28. The van der Waals surface area contributed by atoms with Gasteiger partial charge in [0.05, 0.1) is 6.54 Å². The van der Waals surface area contributed by atoms with Crippen LogP contribution in [0.2, 0.25) is 10.0 Å². The van der Waals surface area contributed by atoms with E-state index >= 15 is 0 Å². The summed E-state index contributed by atoms with van der Waals surface area (Å²) in [4.78, 5) is 12.6. The first kappa shape index (κ1) is 18.1. The summed E-state index contributed by atoms with van der Waals surface area (Å²) in [6.45, 7) is 2.64. The fourth-order valence-electron chi connectivity index (χ4n) is 3.27. The van der Waals surface area contributed by atoms with Gasteiger partial charge in [0.2, 0.25) is 0 Å². The van der Waals surface area contributed by atoms with E-state index in [9.17, 15) is 4.79 Å². The van der Waals surface area contributed by atoms with Crippen molar-refractivity contribution in [3.05, 3.63) is 63.1 Å². The molecule has 1 atom stereocenters. The lowest BCUT2D eigenvalue weighted by Crippen LogP contribution is -2.18. The highest BCUT2D eigenvalue weighted by atomic mass is 35.5. The van der Waals surface area contributed by atoms with Gasteiger partial charge in [-0.2, -0.15) is 5.10 Å².